The first kappa shape index (κ1) is 13.1. The van der Waals surface area contributed by atoms with E-state index in [2.05, 4.69) is 4.98 Å². The predicted molar refractivity (Wildman–Crippen MR) is 70.7 cm³/mol. The lowest BCUT2D eigenvalue weighted by Gasteiger charge is -2.10. The van der Waals surface area contributed by atoms with Crippen molar-refractivity contribution in [3.8, 4) is 0 Å². The average Bonchev–Trinajstić information content (AvgIpc) is 2.30. The smallest absolute Gasteiger partial charge is 0.330 e. The molecule has 5 nitrogen and oxygen atoms in total. The summed E-state index contributed by atoms with van der Waals surface area (Å²) in [7, 11) is 0. The van der Waals surface area contributed by atoms with Crippen molar-refractivity contribution in [2.75, 3.05) is 5.73 Å². The van der Waals surface area contributed by atoms with Crippen molar-refractivity contribution >= 4 is 5.82 Å². The van der Waals surface area contributed by atoms with Crippen LogP contribution in [0.2, 0.25) is 0 Å². The number of aryl methyl sites for hydroxylation is 2. The first-order valence-electron chi connectivity index (χ1n) is 5.73. The average molecular weight is 263 g/mol. The van der Waals surface area contributed by atoms with Gasteiger partial charge >= 0.3 is 5.69 Å². The molecule has 0 spiro atoms. The first-order valence-corrected chi connectivity index (χ1v) is 5.73. The van der Waals surface area contributed by atoms with E-state index >= 15 is 0 Å². The maximum absolute atomic E-state index is 13.5. The Morgan fingerprint density at radius 3 is 2.32 bits per heavy atom. The normalized spacial score (nSPS) is 10.7. The highest BCUT2D eigenvalue weighted by Crippen LogP contribution is 2.15. The van der Waals surface area contributed by atoms with Gasteiger partial charge in [0, 0.05) is 6.07 Å². The van der Waals surface area contributed by atoms with E-state index in [1.165, 1.54) is 4.57 Å². The Morgan fingerprint density at radius 2 is 1.79 bits per heavy atom. The Labute approximate surface area is 108 Å². The van der Waals surface area contributed by atoms with Gasteiger partial charge in [-0.05, 0) is 30.5 Å². The number of anilines is 1. The van der Waals surface area contributed by atoms with Crippen LogP contribution in [-0.4, -0.2) is 9.55 Å². The molecule has 0 unspecified atom stereocenters. The number of halogens is 1. The molecule has 2 rings (SSSR count). The Hall–Kier alpha value is -2.37. The summed E-state index contributed by atoms with van der Waals surface area (Å²) in [4.78, 5) is 24.9. The van der Waals surface area contributed by atoms with E-state index in [1.54, 1.807) is 26.0 Å². The maximum Gasteiger partial charge on any atom is 0.330 e. The second kappa shape index (κ2) is 4.72. The highest BCUT2D eigenvalue weighted by Gasteiger charge is 2.08. The third kappa shape index (κ3) is 2.57. The lowest BCUT2D eigenvalue weighted by atomic mass is 10.1. The molecule has 19 heavy (non-hydrogen) atoms. The van der Waals surface area contributed by atoms with Crippen LogP contribution in [0.1, 0.15) is 16.7 Å². The molecule has 1 aromatic heterocycles. The molecule has 0 aliphatic heterocycles. The number of nitrogens with two attached hydrogens (primary N) is 1. The number of rotatable bonds is 2. The fraction of sp³-hybridized carbons (Fsp3) is 0.231. The zero-order valence-corrected chi connectivity index (χ0v) is 10.7. The molecule has 0 radical (unpaired) electrons. The first-order chi connectivity index (χ1) is 8.88. The fourth-order valence-electron chi connectivity index (χ4n) is 2.01. The van der Waals surface area contributed by atoms with E-state index in [4.69, 9.17) is 5.73 Å². The molecule has 1 heterocycles. The zero-order valence-electron chi connectivity index (χ0n) is 10.7. The molecule has 0 aliphatic rings. The lowest BCUT2D eigenvalue weighted by Crippen LogP contribution is -2.31. The standard InChI is InChI=1S/C13H14FN3O2/c1-7-3-9(4-8(2)12(7)14)6-17-10(15)5-11(18)16-13(17)19/h3-5H,6,15H2,1-2H3,(H,16,18,19). The molecular weight excluding hydrogens is 249 g/mol. The van der Waals surface area contributed by atoms with Crippen molar-refractivity contribution in [2.24, 2.45) is 0 Å². The van der Waals surface area contributed by atoms with Gasteiger partial charge in [0.1, 0.15) is 11.6 Å². The van der Waals surface area contributed by atoms with E-state index in [-0.39, 0.29) is 18.2 Å². The van der Waals surface area contributed by atoms with Gasteiger partial charge in [-0.3, -0.25) is 14.3 Å². The molecular formula is C13H14FN3O2. The summed E-state index contributed by atoms with van der Waals surface area (Å²) in [5, 5.41) is 0. The van der Waals surface area contributed by atoms with E-state index in [9.17, 15) is 14.0 Å². The minimum atomic E-state index is -0.579. The number of nitrogens with one attached hydrogen (secondary N) is 1. The van der Waals surface area contributed by atoms with Gasteiger partial charge in [-0.25, -0.2) is 9.18 Å². The molecule has 0 atom stereocenters. The SMILES string of the molecule is Cc1cc(Cn2c(N)cc(=O)[nH]c2=O)cc(C)c1F. The van der Waals surface area contributed by atoms with Crippen LogP contribution in [0.3, 0.4) is 0 Å². The number of benzene rings is 1. The summed E-state index contributed by atoms with van der Waals surface area (Å²) in [5.74, 6) is -0.182. The summed E-state index contributed by atoms with van der Waals surface area (Å²) in [6.45, 7) is 3.50. The van der Waals surface area contributed by atoms with Crippen LogP contribution in [-0.2, 0) is 6.54 Å². The van der Waals surface area contributed by atoms with Crippen molar-refractivity contribution in [1.29, 1.82) is 0 Å². The van der Waals surface area contributed by atoms with Crippen LogP contribution >= 0.6 is 0 Å². The molecule has 0 aliphatic carbocycles. The second-order valence-corrected chi connectivity index (χ2v) is 4.49. The van der Waals surface area contributed by atoms with Gasteiger partial charge in [-0.15, -0.1) is 0 Å². The predicted octanol–water partition coefficient (Wildman–Crippen LogP) is 0.923. The largest absolute Gasteiger partial charge is 0.385 e. The number of hydrogen-bond acceptors (Lipinski definition) is 3. The minimum Gasteiger partial charge on any atom is -0.385 e. The van der Waals surface area contributed by atoms with E-state index in [0.29, 0.717) is 11.1 Å². The van der Waals surface area contributed by atoms with Gasteiger partial charge in [0.25, 0.3) is 5.56 Å². The summed E-state index contributed by atoms with van der Waals surface area (Å²) in [5.41, 5.74) is 6.29. The van der Waals surface area contributed by atoms with Gasteiger partial charge < -0.3 is 5.73 Å². The van der Waals surface area contributed by atoms with Crippen molar-refractivity contribution < 1.29 is 4.39 Å². The highest BCUT2D eigenvalue weighted by atomic mass is 19.1. The number of nitrogen functional groups attached to an aromatic ring is 1. The molecule has 0 saturated heterocycles. The van der Waals surface area contributed by atoms with Crippen molar-refractivity contribution in [3.63, 3.8) is 0 Å². The van der Waals surface area contributed by atoms with Gasteiger partial charge in [-0.2, -0.15) is 0 Å². The van der Waals surface area contributed by atoms with Crippen molar-refractivity contribution in [3.05, 3.63) is 61.5 Å². The van der Waals surface area contributed by atoms with Crippen LogP contribution in [0.4, 0.5) is 10.2 Å². The van der Waals surface area contributed by atoms with Crippen LogP contribution in [0, 0.1) is 19.7 Å². The topological polar surface area (TPSA) is 80.9 Å². The Morgan fingerprint density at radius 1 is 1.21 bits per heavy atom. The summed E-state index contributed by atoms with van der Waals surface area (Å²) >= 11 is 0. The number of hydrogen-bond donors (Lipinski definition) is 2. The van der Waals surface area contributed by atoms with E-state index in [0.717, 1.165) is 11.6 Å². The third-order valence-electron chi connectivity index (χ3n) is 2.90. The quantitative estimate of drug-likeness (QED) is 0.845. The summed E-state index contributed by atoms with van der Waals surface area (Å²) in [6.07, 6.45) is 0. The zero-order chi connectivity index (χ0) is 14.2. The molecule has 0 fully saturated rings. The van der Waals surface area contributed by atoms with Crippen molar-refractivity contribution in [2.45, 2.75) is 20.4 Å². The van der Waals surface area contributed by atoms with Crippen LogP contribution in [0.15, 0.2) is 27.8 Å². The summed E-state index contributed by atoms with van der Waals surface area (Å²) < 4.78 is 14.7. The summed E-state index contributed by atoms with van der Waals surface area (Å²) in [6, 6.07) is 4.45. The molecule has 0 saturated carbocycles. The Kier molecular flexibility index (Phi) is 3.25. The van der Waals surface area contributed by atoms with E-state index in [1.807, 2.05) is 0 Å². The molecule has 100 valence electrons. The minimum absolute atomic E-state index is 0.0772. The monoisotopic (exact) mass is 263 g/mol. The Balaban J connectivity index is 2.48. The molecule has 6 heteroatoms. The van der Waals surface area contributed by atoms with E-state index < -0.39 is 11.2 Å². The number of aromatic amines is 1. The van der Waals surface area contributed by atoms with Crippen LogP contribution < -0.4 is 17.0 Å². The number of nitrogens with zero attached hydrogens (tertiary/aromatic N) is 1. The fourth-order valence-corrected chi connectivity index (χ4v) is 2.01. The van der Waals surface area contributed by atoms with Gasteiger partial charge in [0.2, 0.25) is 0 Å². The number of aromatic nitrogens is 2. The lowest BCUT2D eigenvalue weighted by molar-refractivity contribution is 0.607. The molecule has 3 N–H and O–H groups in total. The van der Waals surface area contributed by atoms with Gasteiger partial charge in [-0.1, -0.05) is 12.1 Å². The van der Waals surface area contributed by atoms with Gasteiger partial charge in [0.15, 0.2) is 0 Å². The van der Waals surface area contributed by atoms with Crippen molar-refractivity contribution in [1.82, 2.24) is 9.55 Å². The molecule has 1 aromatic carbocycles. The molecule has 0 bridgehead atoms. The third-order valence-corrected chi connectivity index (χ3v) is 2.90. The van der Waals surface area contributed by atoms with Crippen LogP contribution in [0.5, 0.6) is 0 Å². The van der Waals surface area contributed by atoms with Gasteiger partial charge in [0.05, 0.1) is 6.54 Å². The Bertz CT molecular complexity index is 723. The number of H-pyrrole nitrogens is 1. The molecule has 2 aromatic rings. The molecule has 0 amide bonds. The second-order valence-electron chi connectivity index (χ2n) is 4.49. The van der Waals surface area contributed by atoms with Crippen LogP contribution in [0.25, 0.3) is 0 Å². The highest BCUT2D eigenvalue weighted by molar-refractivity contribution is 5.33. The maximum atomic E-state index is 13.5.